The lowest BCUT2D eigenvalue weighted by atomic mass is 10.2. The Bertz CT molecular complexity index is 1410. The summed E-state index contributed by atoms with van der Waals surface area (Å²) in [6.45, 7) is 14.0. The number of fused-ring (bicyclic) bond motifs is 2. The standard InChI is InChI=1S/C27H38N10/c1-6-8-23(28)34-11-13-35(14-12-34)27-32-21-16-29-37(19(4)7-2)25(21)26(33-27)30-20(5)22-17-36-10-9-18(3)15-24(36)31-22/h8-10,15-17,19-20H,6-7,11-14,28H2,1-5H3,(H,30,32,33)/t19?,20-/m1/s1. The molecule has 1 unspecified atom stereocenters. The number of pyridine rings is 1. The number of aryl methyl sites for hydroxylation is 1. The van der Waals surface area contributed by atoms with Gasteiger partial charge in [0.25, 0.3) is 0 Å². The van der Waals surface area contributed by atoms with Crippen LogP contribution in [0.3, 0.4) is 0 Å². The molecule has 1 aliphatic heterocycles. The number of nitrogens with zero attached hydrogens (tertiary/aromatic N) is 8. The molecular weight excluding hydrogens is 464 g/mol. The van der Waals surface area contributed by atoms with E-state index in [1.54, 1.807) is 0 Å². The van der Waals surface area contributed by atoms with E-state index in [9.17, 15) is 0 Å². The van der Waals surface area contributed by atoms with E-state index in [1.807, 2.05) is 10.9 Å². The molecular formula is C27H38N10. The number of hydrogen-bond donors (Lipinski definition) is 2. The van der Waals surface area contributed by atoms with Crippen molar-refractivity contribution < 1.29 is 0 Å². The first-order chi connectivity index (χ1) is 17.9. The normalized spacial score (nSPS) is 16.5. The molecule has 5 heterocycles. The van der Waals surface area contributed by atoms with Crippen LogP contribution in [0.15, 0.2) is 42.6 Å². The van der Waals surface area contributed by atoms with E-state index in [-0.39, 0.29) is 12.1 Å². The van der Waals surface area contributed by atoms with Crippen LogP contribution in [0.4, 0.5) is 11.8 Å². The lowest BCUT2D eigenvalue weighted by molar-refractivity contribution is 0.315. The topological polar surface area (TPSA) is 105 Å². The lowest BCUT2D eigenvalue weighted by Crippen LogP contribution is -2.47. The molecule has 0 amide bonds. The molecule has 0 aliphatic carbocycles. The molecule has 10 heteroatoms. The molecule has 5 rings (SSSR count). The van der Waals surface area contributed by atoms with Gasteiger partial charge in [-0.25, -0.2) is 9.97 Å². The van der Waals surface area contributed by atoms with Gasteiger partial charge in [0.15, 0.2) is 5.82 Å². The second-order valence-corrected chi connectivity index (χ2v) is 9.97. The Morgan fingerprint density at radius 2 is 1.92 bits per heavy atom. The molecule has 0 bridgehead atoms. The van der Waals surface area contributed by atoms with Crippen LogP contribution in [0.2, 0.25) is 0 Å². The van der Waals surface area contributed by atoms with Crippen LogP contribution in [0.1, 0.15) is 63.9 Å². The van der Waals surface area contributed by atoms with Gasteiger partial charge in [0, 0.05) is 44.6 Å². The maximum atomic E-state index is 6.24. The maximum absolute atomic E-state index is 6.24. The highest BCUT2D eigenvalue weighted by Crippen LogP contribution is 2.30. The summed E-state index contributed by atoms with van der Waals surface area (Å²) in [6, 6.07) is 4.37. The van der Waals surface area contributed by atoms with Crippen molar-refractivity contribution in [3.05, 3.63) is 53.9 Å². The second kappa shape index (κ2) is 10.3. The van der Waals surface area contributed by atoms with Gasteiger partial charge in [-0.15, -0.1) is 0 Å². The molecule has 4 aromatic heterocycles. The molecule has 0 saturated carbocycles. The number of piperazine rings is 1. The van der Waals surface area contributed by atoms with Crippen molar-refractivity contribution in [2.45, 2.75) is 59.5 Å². The van der Waals surface area contributed by atoms with Crippen LogP contribution in [-0.2, 0) is 0 Å². The fourth-order valence-electron chi connectivity index (χ4n) is 4.79. The van der Waals surface area contributed by atoms with Crippen LogP contribution < -0.4 is 16.0 Å². The van der Waals surface area contributed by atoms with Crippen LogP contribution in [-0.4, -0.2) is 60.2 Å². The van der Waals surface area contributed by atoms with Crippen LogP contribution in [0.25, 0.3) is 16.7 Å². The molecule has 3 N–H and O–H groups in total. The average Bonchev–Trinajstić information content (AvgIpc) is 3.53. The summed E-state index contributed by atoms with van der Waals surface area (Å²) >= 11 is 0. The van der Waals surface area contributed by atoms with Crippen molar-refractivity contribution in [3.8, 4) is 0 Å². The Balaban J connectivity index is 1.47. The average molecular weight is 503 g/mol. The van der Waals surface area contributed by atoms with E-state index in [0.717, 1.165) is 73.0 Å². The van der Waals surface area contributed by atoms with E-state index in [0.29, 0.717) is 5.95 Å². The molecule has 1 saturated heterocycles. The van der Waals surface area contributed by atoms with E-state index < -0.39 is 0 Å². The Morgan fingerprint density at radius 1 is 1.14 bits per heavy atom. The van der Waals surface area contributed by atoms with Crippen molar-refractivity contribution in [1.29, 1.82) is 0 Å². The fourth-order valence-corrected chi connectivity index (χ4v) is 4.79. The Morgan fingerprint density at radius 3 is 2.65 bits per heavy atom. The molecule has 196 valence electrons. The Labute approximate surface area is 218 Å². The Kier molecular flexibility index (Phi) is 6.90. The van der Waals surface area contributed by atoms with Gasteiger partial charge in [-0.2, -0.15) is 10.1 Å². The SMILES string of the molecule is CCC=C(N)N1CCN(c2nc(N[C@H](C)c3cn4ccc(C)cc4n3)c3c(cnn3C(C)CC)n2)CC1. The number of allylic oxidation sites excluding steroid dienone is 1. The third-order valence-electron chi connectivity index (χ3n) is 7.21. The maximum Gasteiger partial charge on any atom is 0.228 e. The van der Waals surface area contributed by atoms with E-state index in [1.165, 1.54) is 5.56 Å². The van der Waals surface area contributed by atoms with Crippen molar-refractivity contribution in [3.63, 3.8) is 0 Å². The van der Waals surface area contributed by atoms with Gasteiger partial charge in [0.1, 0.15) is 16.7 Å². The Hall–Kier alpha value is -3.82. The minimum Gasteiger partial charge on any atom is -0.386 e. The van der Waals surface area contributed by atoms with Crippen molar-refractivity contribution in [1.82, 2.24) is 34.0 Å². The summed E-state index contributed by atoms with van der Waals surface area (Å²) in [6.07, 6.45) is 9.96. The van der Waals surface area contributed by atoms with Gasteiger partial charge in [-0.1, -0.05) is 13.8 Å². The first-order valence-electron chi connectivity index (χ1n) is 13.3. The highest BCUT2D eigenvalue weighted by Gasteiger charge is 2.24. The number of aromatic nitrogens is 6. The molecule has 1 fully saturated rings. The third-order valence-corrected chi connectivity index (χ3v) is 7.21. The van der Waals surface area contributed by atoms with Gasteiger partial charge in [-0.05, 0) is 57.4 Å². The molecule has 1 aliphatic rings. The van der Waals surface area contributed by atoms with Crippen molar-refractivity contribution in [2.24, 2.45) is 5.73 Å². The summed E-state index contributed by atoms with van der Waals surface area (Å²) < 4.78 is 4.10. The minimum absolute atomic E-state index is 0.0535. The highest BCUT2D eigenvalue weighted by molar-refractivity contribution is 5.87. The third kappa shape index (κ3) is 4.92. The monoisotopic (exact) mass is 502 g/mol. The predicted molar refractivity (Wildman–Crippen MR) is 149 cm³/mol. The van der Waals surface area contributed by atoms with E-state index in [2.05, 4.69) is 84.7 Å². The summed E-state index contributed by atoms with van der Waals surface area (Å²) in [5.41, 5.74) is 11.1. The number of hydrogen-bond acceptors (Lipinski definition) is 8. The number of nitrogens with one attached hydrogen (secondary N) is 1. The molecule has 0 radical (unpaired) electrons. The molecule has 37 heavy (non-hydrogen) atoms. The fraction of sp³-hybridized carbons (Fsp3) is 0.481. The number of rotatable bonds is 8. The van der Waals surface area contributed by atoms with Crippen molar-refractivity contribution >= 4 is 28.4 Å². The minimum atomic E-state index is -0.0535. The quantitative estimate of drug-likeness (QED) is 0.368. The van der Waals surface area contributed by atoms with E-state index in [4.69, 9.17) is 25.8 Å². The first kappa shape index (κ1) is 24.9. The van der Waals surface area contributed by atoms with Crippen LogP contribution in [0.5, 0.6) is 0 Å². The molecule has 0 spiro atoms. The number of anilines is 2. The zero-order valence-corrected chi connectivity index (χ0v) is 22.5. The van der Waals surface area contributed by atoms with Gasteiger partial charge in [0.2, 0.25) is 5.95 Å². The zero-order chi connectivity index (χ0) is 26.1. The van der Waals surface area contributed by atoms with Gasteiger partial charge >= 0.3 is 0 Å². The first-order valence-corrected chi connectivity index (χ1v) is 13.3. The smallest absolute Gasteiger partial charge is 0.228 e. The molecule has 0 aromatic carbocycles. The summed E-state index contributed by atoms with van der Waals surface area (Å²) in [7, 11) is 0. The van der Waals surface area contributed by atoms with Crippen LogP contribution >= 0.6 is 0 Å². The molecule has 2 atom stereocenters. The summed E-state index contributed by atoms with van der Waals surface area (Å²) in [5.74, 6) is 2.35. The van der Waals surface area contributed by atoms with Gasteiger partial charge < -0.3 is 25.3 Å². The van der Waals surface area contributed by atoms with E-state index >= 15 is 0 Å². The number of imidazole rings is 1. The summed E-state index contributed by atoms with van der Waals surface area (Å²) in [5, 5.41) is 8.35. The highest BCUT2D eigenvalue weighted by atomic mass is 15.4. The van der Waals surface area contributed by atoms with Gasteiger partial charge in [0.05, 0.1) is 23.8 Å². The van der Waals surface area contributed by atoms with Gasteiger partial charge in [-0.3, -0.25) is 4.68 Å². The molecule has 4 aromatic rings. The summed E-state index contributed by atoms with van der Waals surface area (Å²) in [4.78, 5) is 19.3. The zero-order valence-electron chi connectivity index (χ0n) is 22.5. The largest absolute Gasteiger partial charge is 0.386 e. The lowest BCUT2D eigenvalue weighted by Gasteiger charge is -2.36. The van der Waals surface area contributed by atoms with Crippen LogP contribution in [0, 0.1) is 6.92 Å². The second-order valence-electron chi connectivity index (χ2n) is 9.97. The molecule has 10 nitrogen and oxygen atoms in total. The predicted octanol–water partition coefficient (Wildman–Crippen LogP) is 4.26. The number of nitrogens with two attached hydrogens (primary N) is 1. The van der Waals surface area contributed by atoms with Crippen molar-refractivity contribution in [2.75, 3.05) is 36.4 Å².